The van der Waals surface area contributed by atoms with Gasteiger partial charge in [-0.2, -0.15) is 0 Å². The average Bonchev–Trinajstić information content (AvgIpc) is 2.48. The van der Waals surface area contributed by atoms with Gasteiger partial charge in [-0.05, 0) is 37.5 Å². The molecule has 1 aliphatic heterocycles. The summed E-state index contributed by atoms with van der Waals surface area (Å²) in [5.41, 5.74) is -0.536. The molecular formula is C14H16FNO4S. The van der Waals surface area contributed by atoms with Crippen molar-refractivity contribution in [2.24, 2.45) is 0 Å². The lowest BCUT2D eigenvalue weighted by molar-refractivity contribution is -0.129. The highest BCUT2D eigenvalue weighted by atomic mass is 32.2. The average molecular weight is 313 g/mol. The Bertz CT molecular complexity index is 584. The van der Waals surface area contributed by atoms with Crippen molar-refractivity contribution in [3.63, 3.8) is 0 Å². The third-order valence-electron chi connectivity index (χ3n) is 3.39. The molecule has 1 heterocycles. The van der Waals surface area contributed by atoms with E-state index in [4.69, 9.17) is 5.11 Å². The van der Waals surface area contributed by atoms with E-state index < -0.39 is 28.1 Å². The standard InChI is InChI=1S/C14H16FNO4S/c15-12-5-4-10(8-11(12)14(18)19)21(20)9-13(17)16-6-2-1-3-7-16/h4-5,8H,1-3,6-7,9H2,(H,18,19). The lowest BCUT2D eigenvalue weighted by atomic mass is 10.1. The number of amides is 1. The fourth-order valence-corrected chi connectivity index (χ4v) is 3.28. The zero-order valence-corrected chi connectivity index (χ0v) is 12.2. The van der Waals surface area contributed by atoms with Gasteiger partial charge in [0.1, 0.15) is 11.6 Å². The van der Waals surface area contributed by atoms with Gasteiger partial charge in [0, 0.05) is 18.0 Å². The smallest absolute Gasteiger partial charge is 0.338 e. The number of benzene rings is 1. The SMILES string of the molecule is O=C(O)c1cc(S(=O)CC(=O)N2CCCCC2)ccc1F. The Morgan fingerprint density at radius 1 is 1.24 bits per heavy atom. The molecule has 2 rings (SSSR count). The van der Waals surface area contributed by atoms with Gasteiger partial charge in [0.05, 0.1) is 16.4 Å². The molecule has 1 atom stereocenters. The maximum atomic E-state index is 13.3. The number of nitrogens with zero attached hydrogens (tertiary/aromatic N) is 1. The van der Waals surface area contributed by atoms with Crippen molar-refractivity contribution in [3.8, 4) is 0 Å². The molecule has 7 heteroatoms. The molecule has 1 saturated heterocycles. The summed E-state index contributed by atoms with van der Waals surface area (Å²) in [5.74, 6) is -2.72. The molecule has 0 bridgehead atoms. The van der Waals surface area contributed by atoms with E-state index in [0.29, 0.717) is 13.1 Å². The summed E-state index contributed by atoms with van der Waals surface area (Å²) in [6, 6.07) is 3.24. The number of carbonyl (C=O) groups is 2. The highest BCUT2D eigenvalue weighted by Crippen LogP contribution is 2.15. The van der Waals surface area contributed by atoms with Crippen LogP contribution in [0.1, 0.15) is 29.6 Å². The van der Waals surface area contributed by atoms with Crippen LogP contribution in [-0.4, -0.2) is 44.9 Å². The summed E-state index contributed by atoms with van der Waals surface area (Å²) < 4.78 is 25.4. The molecule has 0 saturated carbocycles. The Hall–Kier alpha value is -1.76. The molecule has 1 unspecified atom stereocenters. The molecule has 0 aliphatic carbocycles. The largest absolute Gasteiger partial charge is 0.478 e. The minimum atomic E-state index is -1.67. The molecule has 0 radical (unpaired) electrons. The molecule has 1 aromatic carbocycles. The van der Waals surface area contributed by atoms with Gasteiger partial charge >= 0.3 is 5.97 Å². The summed E-state index contributed by atoms with van der Waals surface area (Å²) in [4.78, 5) is 24.7. The van der Waals surface area contributed by atoms with Crippen LogP contribution in [0.3, 0.4) is 0 Å². The second-order valence-corrected chi connectivity index (χ2v) is 6.33. The fraction of sp³-hybridized carbons (Fsp3) is 0.429. The van der Waals surface area contributed by atoms with Crippen LogP contribution in [0.2, 0.25) is 0 Å². The summed E-state index contributed by atoms with van der Waals surface area (Å²) >= 11 is 0. The number of rotatable bonds is 4. The topological polar surface area (TPSA) is 74.7 Å². The first kappa shape index (κ1) is 15.6. The van der Waals surface area contributed by atoms with Crippen LogP contribution >= 0.6 is 0 Å². The summed E-state index contributed by atoms with van der Waals surface area (Å²) in [6.45, 7) is 1.33. The maximum Gasteiger partial charge on any atom is 0.338 e. The number of hydrogen-bond donors (Lipinski definition) is 1. The van der Waals surface area contributed by atoms with Gasteiger partial charge in [-0.15, -0.1) is 0 Å². The minimum absolute atomic E-state index is 0.152. The van der Waals surface area contributed by atoms with E-state index in [-0.39, 0.29) is 16.6 Å². The molecule has 114 valence electrons. The van der Waals surface area contributed by atoms with E-state index in [2.05, 4.69) is 0 Å². The number of carboxylic acid groups (broad SMARTS) is 1. The van der Waals surface area contributed by atoms with Crippen molar-refractivity contribution in [2.75, 3.05) is 18.8 Å². The van der Waals surface area contributed by atoms with Crippen molar-refractivity contribution in [2.45, 2.75) is 24.2 Å². The van der Waals surface area contributed by atoms with E-state index in [1.165, 1.54) is 6.07 Å². The Labute approximate surface area is 124 Å². The Morgan fingerprint density at radius 2 is 1.90 bits per heavy atom. The highest BCUT2D eigenvalue weighted by molar-refractivity contribution is 7.85. The molecule has 1 aromatic rings. The highest BCUT2D eigenvalue weighted by Gasteiger charge is 2.20. The van der Waals surface area contributed by atoms with Crippen LogP contribution < -0.4 is 0 Å². The van der Waals surface area contributed by atoms with E-state index in [1.54, 1.807) is 4.90 Å². The van der Waals surface area contributed by atoms with Crippen molar-refractivity contribution in [1.82, 2.24) is 4.90 Å². The number of halogens is 1. The van der Waals surface area contributed by atoms with Crippen molar-refractivity contribution < 1.29 is 23.3 Å². The molecule has 1 fully saturated rings. The summed E-state index contributed by atoms with van der Waals surface area (Å²) in [7, 11) is -1.67. The maximum absolute atomic E-state index is 13.3. The molecule has 0 aromatic heterocycles. The van der Waals surface area contributed by atoms with Crippen LogP contribution in [0.15, 0.2) is 23.1 Å². The van der Waals surface area contributed by atoms with E-state index >= 15 is 0 Å². The lowest BCUT2D eigenvalue weighted by Crippen LogP contribution is -2.38. The number of aromatic carboxylic acids is 1. The second kappa shape index (κ2) is 6.80. The predicted octanol–water partition coefficient (Wildman–Crippen LogP) is 1.64. The van der Waals surface area contributed by atoms with Crippen LogP contribution in [-0.2, 0) is 15.6 Å². The number of likely N-dealkylation sites (tertiary alicyclic amines) is 1. The first-order valence-electron chi connectivity index (χ1n) is 6.68. The monoisotopic (exact) mass is 313 g/mol. The Morgan fingerprint density at radius 3 is 2.52 bits per heavy atom. The third kappa shape index (κ3) is 3.87. The van der Waals surface area contributed by atoms with Crippen molar-refractivity contribution >= 4 is 22.7 Å². The van der Waals surface area contributed by atoms with Crippen LogP contribution in [0, 0.1) is 5.82 Å². The van der Waals surface area contributed by atoms with Gasteiger partial charge in [0.15, 0.2) is 0 Å². The normalized spacial score (nSPS) is 16.5. The van der Waals surface area contributed by atoms with Crippen molar-refractivity contribution in [1.29, 1.82) is 0 Å². The summed E-state index contributed by atoms with van der Waals surface area (Å²) in [6.07, 6.45) is 2.98. The van der Waals surface area contributed by atoms with Gasteiger partial charge in [-0.3, -0.25) is 9.00 Å². The second-order valence-electron chi connectivity index (χ2n) is 4.88. The van der Waals surface area contributed by atoms with Crippen LogP contribution in [0.25, 0.3) is 0 Å². The number of carbonyl (C=O) groups excluding carboxylic acids is 1. The van der Waals surface area contributed by atoms with E-state index in [0.717, 1.165) is 31.4 Å². The van der Waals surface area contributed by atoms with Crippen molar-refractivity contribution in [3.05, 3.63) is 29.6 Å². The van der Waals surface area contributed by atoms with Gasteiger partial charge in [-0.1, -0.05) is 0 Å². The van der Waals surface area contributed by atoms with Crippen LogP contribution in [0.5, 0.6) is 0 Å². The quantitative estimate of drug-likeness (QED) is 0.917. The van der Waals surface area contributed by atoms with Gasteiger partial charge < -0.3 is 10.0 Å². The van der Waals surface area contributed by atoms with Crippen LogP contribution in [0.4, 0.5) is 4.39 Å². The number of carboxylic acids is 1. The minimum Gasteiger partial charge on any atom is -0.478 e. The molecule has 0 spiro atoms. The van der Waals surface area contributed by atoms with E-state index in [1.807, 2.05) is 0 Å². The molecule has 5 nitrogen and oxygen atoms in total. The number of hydrogen-bond acceptors (Lipinski definition) is 3. The fourth-order valence-electron chi connectivity index (χ4n) is 2.24. The Balaban J connectivity index is 2.07. The first-order valence-corrected chi connectivity index (χ1v) is 8.00. The lowest BCUT2D eigenvalue weighted by Gasteiger charge is -2.26. The zero-order chi connectivity index (χ0) is 15.4. The molecule has 1 aliphatic rings. The molecule has 1 amide bonds. The molecule has 21 heavy (non-hydrogen) atoms. The van der Waals surface area contributed by atoms with Gasteiger partial charge in [0.2, 0.25) is 5.91 Å². The Kier molecular flexibility index (Phi) is 5.06. The predicted molar refractivity (Wildman–Crippen MR) is 75.1 cm³/mol. The van der Waals surface area contributed by atoms with E-state index in [9.17, 15) is 18.2 Å². The van der Waals surface area contributed by atoms with Gasteiger partial charge in [0.25, 0.3) is 0 Å². The summed E-state index contributed by atoms with van der Waals surface area (Å²) in [5, 5.41) is 8.84. The van der Waals surface area contributed by atoms with Gasteiger partial charge in [-0.25, -0.2) is 9.18 Å². The third-order valence-corrected chi connectivity index (χ3v) is 4.68. The molecular weight excluding hydrogens is 297 g/mol. The zero-order valence-electron chi connectivity index (χ0n) is 11.4. The molecule has 1 N–H and O–H groups in total. The first-order chi connectivity index (χ1) is 9.99. The number of piperidine rings is 1.